The minimum Gasteiger partial charge on any atom is -0.444 e. The average Bonchev–Trinajstić information content (AvgIpc) is 2.94. The molecule has 1 aliphatic heterocycles. The summed E-state index contributed by atoms with van der Waals surface area (Å²) in [6.45, 7) is 11.7. The Bertz CT molecular complexity index is 557. The minimum atomic E-state index is -0.445. The first kappa shape index (κ1) is 19.7. The van der Waals surface area contributed by atoms with E-state index in [-0.39, 0.29) is 18.1 Å². The summed E-state index contributed by atoms with van der Waals surface area (Å²) < 4.78 is 7.20. The fourth-order valence-corrected chi connectivity index (χ4v) is 2.96. The van der Waals surface area contributed by atoms with Crippen molar-refractivity contribution in [3.63, 3.8) is 0 Å². The third-order valence-corrected chi connectivity index (χ3v) is 4.52. The number of hydrogen-bond acceptors (Lipinski definition) is 5. The topological polar surface area (TPSA) is 79.6 Å². The maximum atomic E-state index is 12.1. The highest BCUT2D eigenvalue weighted by atomic mass is 16.6. The predicted molar refractivity (Wildman–Crippen MR) is 96.2 cm³/mol. The molecule has 0 spiro atoms. The maximum absolute atomic E-state index is 12.1. The third-order valence-electron chi connectivity index (χ3n) is 4.52. The lowest BCUT2D eigenvalue weighted by Gasteiger charge is -2.39. The number of aliphatic hydroxyl groups excluding tert-OH is 1. The Morgan fingerprint density at radius 1 is 1.40 bits per heavy atom. The van der Waals surface area contributed by atoms with E-state index < -0.39 is 5.60 Å². The van der Waals surface area contributed by atoms with Gasteiger partial charge in [0, 0.05) is 37.9 Å². The van der Waals surface area contributed by atoms with Crippen molar-refractivity contribution in [2.45, 2.75) is 59.2 Å². The Morgan fingerprint density at radius 3 is 2.68 bits per heavy atom. The van der Waals surface area contributed by atoms with E-state index >= 15 is 0 Å². The molecule has 0 aliphatic carbocycles. The van der Waals surface area contributed by atoms with Crippen LogP contribution in [0.5, 0.6) is 0 Å². The molecule has 0 atom stereocenters. The molecule has 2 N–H and O–H groups in total. The lowest BCUT2D eigenvalue weighted by molar-refractivity contribution is 0.0119. The van der Waals surface area contributed by atoms with Gasteiger partial charge in [-0.1, -0.05) is 6.92 Å². The van der Waals surface area contributed by atoms with Crippen LogP contribution >= 0.6 is 0 Å². The number of hydrogen-bond donors (Lipinski definition) is 2. The minimum absolute atomic E-state index is 0.0980. The molecule has 25 heavy (non-hydrogen) atoms. The quantitative estimate of drug-likeness (QED) is 0.819. The molecule has 1 aliphatic rings. The highest BCUT2D eigenvalue weighted by Crippen LogP contribution is 2.30. The molecule has 1 fully saturated rings. The van der Waals surface area contributed by atoms with Gasteiger partial charge in [-0.05, 0) is 39.0 Å². The zero-order chi connectivity index (χ0) is 18.5. The van der Waals surface area contributed by atoms with Crippen molar-refractivity contribution in [3.8, 4) is 0 Å². The van der Waals surface area contributed by atoms with Gasteiger partial charge in [-0.15, -0.1) is 0 Å². The van der Waals surface area contributed by atoms with Gasteiger partial charge >= 0.3 is 6.09 Å². The molecule has 1 aromatic rings. The summed E-state index contributed by atoms with van der Waals surface area (Å²) >= 11 is 0. The van der Waals surface area contributed by atoms with Crippen LogP contribution in [-0.4, -0.2) is 57.7 Å². The van der Waals surface area contributed by atoms with Crippen LogP contribution in [0.25, 0.3) is 0 Å². The molecule has 142 valence electrons. The van der Waals surface area contributed by atoms with Crippen molar-refractivity contribution in [1.82, 2.24) is 20.0 Å². The molecule has 0 unspecified atom stereocenters. The summed E-state index contributed by atoms with van der Waals surface area (Å²) in [4.78, 5) is 14.0. The van der Waals surface area contributed by atoms with Crippen LogP contribution in [0.15, 0.2) is 12.4 Å². The van der Waals surface area contributed by atoms with Crippen molar-refractivity contribution < 1.29 is 14.6 Å². The summed E-state index contributed by atoms with van der Waals surface area (Å²) in [6, 6.07) is 0. The van der Waals surface area contributed by atoms with Crippen molar-refractivity contribution in [1.29, 1.82) is 0 Å². The molecule has 2 heterocycles. The number of amides is 1. The van der Waals surface area contributed by atoms with Crippen LogP contribution in [0.3, 0.4) is 0 Å². The summed E-state index contributed by atoms with van der Waals surface area (Å²) in [5, 5.41) is 16.6. The van der Waals surface area contributed by atoms with Gasteiger partial charge in [0.2, 0.25) is 0 Å². The van der Waals surface area contributed by atoms with Gasteiger partial charge < -0.3 is 20.1 Å². The number of nitrogens with one attached hydrogen (secondary N) is 1. The lowest BCUT2D eigenvalue weighted by Crippen LogP contribution is -2.47. The average molecular weight is 352 g/mol. The molecule has 0 aromatic carbocycles. The fraction of sp³-hybridized carbons (Fsp3) is 0.778. The van der Waals surface area contributed by atoms with Crippen molar-refractivity contribution in [3.05, 3.63) is 18.0 Å². The number of piperidine rings is 1. The monoisotopic (exact) mass is 352 g/mol. The first-order valence-electron chi connectivity index (χ1n) is 9.02. The number of nitrogens with zero attached hydrogens (tertiary/aromatic N) is 3. The maximum Gasteiger partial charge on any atom is 0.410 e. The number of carbonyl (C=O) groups excluding carboxylic acids is 1. The zero-order valence-corrected chi connectivity index (χ0v) is 15.9. The molecule has 1 amide bonds. The van der Waals surface area contributed by atoms with Gasteiger partial charge in [-0.3, -0.25) is 4.68 Å². The lowest BCUT2D eigenvalue weighted by atomic mass is 9.80. The van der Waals surface area contributed by atoms with E-state index in [1.807, 2.05) is 38.1 Å². The normalized spacial score (nSPS) is 17.6. The number of aliphatic hydroxyl groups is 1. The highest BCUT2D eigenvalue weighted by molar-refractivity contribution is 5.68. The molecular weight excluding hydrogens is 320 g/mol. The van der Waals surface area contributed by atoms with Gasteiger partial charge in [0.05, 0.1) is 19.3 Å². The van der Waals surface area contributed by atoms with Crippen LogP contribution in [-0.2, 0) is 17.8 Å². The molecular formula is C18H32N4O3. The Hall–Kier alpha value is -1.60. The summed E-state index contributed by atoms with van der Waals surface area (Å²) in [7, 11) is 0. The Morgan fingerprint density at radius 2 is 2.08 bits per heavy atom. The molecule has 7 nitrogen and oxygen atoms in total. The highest BCUT2D eigenvalue weighted by Gasteiger charge is 2.33. The summed E-state index contributed by atoms with van der Waals surface area (Å²) in [5.74, 6) is 0. The van der Waals surface area contributed by atoms with E-state index in [9.17, 15) is 4.79 Å². The van der Waals surface area contributed by atoms with Crippen molar-refractivity contribution in [2.75, 3.05) is 26.2 Å². The van der Waals surface area contributed by atoms with Crippen LogP contribution in [0.4, 0.5) is 4.79 Å². The smallest absolute Gasteiger partial charge is 0.410 e. The zero-order valence-electron chi connectivity index (χ0n) is 15.9. The molecule has 1 saturated heterocycles. The van der Waals surface area contributed by atoms with Crippen LogP contribution in [0.2, 0.25) is 0 Å². The Labute approximate surface area is 150 Å². The largest absolute Gasteiger partial charge is 0.444 e. The van der Waals surface area contributed by atoms with E-state index in [2.05, 4.69) is 17.3 Å². The van der Waals surface area contributed by atoms with Crippen molar-refractivity contribution in [2.24, 2.45) is 5.41 Å². The molecule has 0 saturated carbocycles. The van der Waals surface area contributed by atoms with Gasteiger partial charge in [-0.2, -0.15) is 5.10 Å². The second-order valence-electron chi connectivity index (χ2n) is 8.22. The Balaban J connectivity index is 1.73. The van der Waals surface area contributed by atoms with E-state index in [1.165, 1.54) is 0 Å². The summed E-state index contributed by atoms with van der Waals surface area (Å²) in [5.41, 5.74) is 0.850. The molecule has 1 aromatic heterocycles. The van der Waals surface area contributed by atoms with E-state index in [0.29, 0.717) is 6.54 Å². The van der Waals surface area contributed by atoms with E-state index in [0.717, 1.165) is 44.6 Å². The Kier molecular flexibility index (Phi) is 6.46. The number of ether oxygens (including phenoxy) is 1. The number of carbonyl (C=O) groups is 1. The van der Waals surface area contributed by atoms with Gasteiger partial charge in [0.15, 0.2) is 0 Å². The van der Waals surface area contributed by atoms with E-state index in [4.69, 9.17) is 9.84 Å². The number of likely N-dealkylation sites (tertiary alicyclic amines) is 1. The first-order chi connectivity index (χ1) is 11.7. The third kappa shape index (κ3) is 6.32. The SMILES string of the molecule is CC1(CNCc2cnn(CCO)c2)CCN(C(=O)OC(C)(C)C)CC1. The van der Waals surface area contributed by atoms with Crippen LogP contribution in [0.1, 0.15) is 46.1 Å². The van der Waals surface area contributed by atoms with Crippen LogP contribution in [0, 0.1) is 5.41 Å². The molecule has 2 rings (SSSR count). The summed E-state index contributed by atoms with van der Waals surface area (Å²) in [6.07, 6.45) is 5.50. The van der Waals surface area contributed by atoms with Crippen molar-refractivity contribution >= 4 is 6.09 Å². The first-order valence-corrected chi connectivity index (χ1v) is 9.02. The number of aromatic nitrogens is 2. The molecule has 0 bridgehead atoms. The number of rotatable bonds is 6. The van der Waals surface area contributed by atoms with Crippen LogP contribution < -0.4 is 5.32 Å². The van der Waals surface area contributed by atoms with Gasteiger partial charge in [0.25, 0.3) is 0 Å². The van der Waals surface area contributed by atoms with Gasteiger partial charge in [0.1, 0.15) is 5.60 Å². The predicted octanol–water partition coefficient (Wildman–Crippen LogP) is 2.00. The standard InChI is InChI=1S/C18H32N4O3/c1-17(2,3)25-16(24)21-7-5-18(4,6-8-21)14-19-11-15-12-20-22(13-15)9-10-23/h12-13,19,23H,5-11,14H2,1-4H3. The van der Waals surface area contributed by atoms with Gasteiger partial charge in [-0.25, -0.2) is 4.79 Å². The second kappa shape index (κ2) is 8.19. The molecule has 0 radical (unpaired) electrons. The fourth-order valence-electron chi connectivity index (χ4n) is 2.96. The second-order valence-corrected chi connectivity index (χ2v) is 8.22. The van der Waals surface area contributed by atoms with E-state index in [1.54, 1.807) is 4.68 Å². The molecule has 7 heteroatoms.